The molecule has 0 aromatic carbocycles. The third-order valence-corrected chi connectivity index (χ3v) is 2.75. The van der Waals surface area contributed by atoms with Gasteiger partial charge in [-0.05, 0) is 6.92 Å². The number of rotatable bonds is 5. The van der Waals surface area contributed by atoms with Gasteiger partial charge in [0, 0.05) is 12.4 Å². The van der Waals surface area contributed by atoms with Gasteiger partial charge in [0.2, 0.25) is 0 Å². The van der Waals surface area contributed by atoms with E-state index in [0.29, 0.717) is 12.3 Å². The number of nitrogen functional groups attached to an aromatic ring is 1. The number of ether oxygens (including phenoxy) is 1. The average Bonchev–Trinajstić information content (AvgIpc) is 2.86. The second-order valence-corrected chi connectivity index (χ2v) is 4.18. The van der Waals surface area contributed by atoms with Crippen LogP contribution in [0, 0.1) is 0 Å². The predicted octanol–water partition coefficient (Wildman–Crippen LogP) is 0.764. The van der Waals surface area contributed by atoms with Crippen LogP contribution in [0.25, 0.3) is 11.6 Å². The highest BCUT2D eigenvalue weighted by Gasteiger charge is 2.14. The Labute approximate surface area is 112 Å². The number of carbonyl (C=O) groups excluding carboxylic acids is 1. The number of thioether (sulfide) groups is 1. The maximum absolute atomic E-state index is 11.2. The lowest BCUT2D eigenvalue weighted by molar-refractivity contribution is -0.139. The first-order valence-electron chi connectivity index (χ1n) is 5.39. The Hall–Kier alpha value is -2.16. The summed E-state index contributed by atoms with van der Waals surface area (Å²) in [6, 6.07) is 0. The molecule has 0 radical (unpaired) electrons. The molecule has 9 heteroatoms. The van der Waals surface area contributed by atoms with Crippen LogP contribution in [0.1, 0.15) is 6.92 Å². The van der Waals surface area contributed by atoms with E-state index in [1.165, 1.54) is 12.4 Å². The predicted molar refractivity (Wildman–Crippen MR) is 67.1 cm³/mol. The summed E-state index contributed by atoms with van der Waals surface area (Å²) in [4.78, 5) is 19.0. The highest BCUT2D eigenvalue weighted by molar-refractivity contribution is 7.99. The van der Waals surface area contributed by atoms with E-state index in [1.807, 2.05) is 0 Å². The van der Waals surface area contributed by atoms with Crippen molar-refractivity contribution in [2.75, 3.05) is 18.1 Å². The van der Waals surface area contributed by atoms with E-state index in [9.17, 15) is 4.79 Å². The molecule has 0 saturated carbocycles. The molecule has 100 valence electrons. The maximum atomic E-state index is 11.2. The standard InChI is InChI=1S/C10H11N5O3S/c1-2-17-6(16)5-19-10-15-14-9(18-10)7-8(11)13-4-3-12-7/h3-4H,2,5H2,1H3,(H2,11,13). The molecule has 0 aliphatic heterocycles. The lowest BCUT2D eigenvalue weighted by atomic mass is 10.4. The maximum Gasteiger partial charge on any atom is 0.316 e. The molecule has 0 saturated heterocycles. The van der Waals surface area contributed by atoms with Crippen LogP contribution in [0.2, 0.25) is 0 Å². The minimum atomic E-state index is -0.341. The summed E-state index contributed by atoms with van der Waals surface area (Å²) < 4.78 is 10.1. The van der Waals surface area contributed by atoms with Crippen LogP contribution in [-0.2, 0) is 9.53 Å². The van der Waals surface area contributed by atoms with Gasteiger partial charge in [-0.2, -0.15) is 0 Å². The summed E-state index contributed by atoms with van der Waals surface area (Å²) in [5, 5.41) is 7.82. The molecule has 2 N–H and O–H groups in total. The fourth-order valence-corrected chi connectivity index (χ4v) is 1.76. The third-order valence-electron chi connectivity index (χ3n) is 1.95. The summed E-state index contributed by atoms with van der Waals surface area (Å²) in [6.45, 7) is 2.08. The molecule has 0 fully saturated rings. The first-order chi connectivity index (χ1) is 9.20. The fraction of sp³-hybridized carbons (Fsp3) is 0.300. The third kappa shape index (κ3) is 3.41. The zero-order chi connectivity index (χ0) is 13.7. The number of hydrogen-bond acceptors (Lipinski definition) is 9. The second kappa shape index (κ2) is 6.14. The van der Waals surface area contributed by atoms with Crippen molar-refractivity contribution in [3.05, 3.63) is 12.4 Å². The van der Waals surface area contributed by atoms with E-state index in [1.54, 1.807) is 6.92 Å². The van der Waals surface area contributed by atoms with Gasteiger partial charge in [-0.3, -0.25) is 4.79 Å². The minimum Gasteiger partial charge on any atom is -0.465 e. The van der Waals surface area contributed by atoms with Crippen LogP contribution in [0.5, 0.6) is 0 Å². The van der Waals surface area contributed by atoms with Crippen LogP contribution >= 0.6 is 11.8 Å². The molecule has 0 bridgehead atoms. The highest BCUT2D eigenvalue weighted by Crippen LogP contribution is 2.24. The summed E-state index contributed by atoms with van der Waals surface area (Å²) in [5.41, 5.74) is 5.96. The zero-order valence-corrected chi connectivity index (χ0v) is 10.9. The molecule has 2 aromatic rings. The number of esters is 1. The van der Waals surface area contributed by atoms with E-state index >= 15 is 0 Å². The van der Waals surface area contributed by atoms with Crippen molar-refractivity contribution in [2.45, 2.75) is 12.1 Å². The van der Waals surface area contributed by atoms with Crippen molar-refractivity contribution >= 4 is 23.5 Å². The van der Waals surface area contributed by atoms with Crippen LogP contribution in [-0.4, -0.2) is 38.5 Å². The lowest BCUT2D eigenvalue weighted by Gasteiger charge is -1.98. The smallest absolute Gasteiger partial charge is 0.316 e. The molecular formula is C10H11N5O3S. The van der Waals surface area contributed by atoms with Crippen LogP contribution < -0.4 is 5.73 Å². The molecule has 8 nitrogen and oxygen atoms in total. The summed E-state index contributed by atoms with van der Waals surface area (Å²) >= 11 is 1.09. The van der Waals surface area contributed by atoms with Crippen LogP contribution in [0.4, 0.5) is 5.82 Å². The van der Waals surface area contributed by atoms with Crippen molar-refractivity contribution in [2.24, 2.45) is 0 Å². The minimum absolute atomic E-state index is 0.103. The first kappa shape index (κ1) is 13.3. The topological polar surface area (TPSA) is 117 Å². The van der Waals surface area contributed by atoms with E-state index in [0.717, 1.165) is 11.8 Å². The van der Waals surface area contributed by atoms with Crippen molar-refractivity contribution in [3.8, 4) is 11.6 Å². The van der Waals surface area contributed by atoms with E-state index in [-0.39, 0.29) is 28.7 Å². The average molecular weight is 281 g/mol. The molecule has 0 amide bonds. The van der Waals surface area contributed by atoms with Gasteiger partial charge in [-0.15, -0.1) is 10.2 Å². The fourth-order valence-electron chi connectivity index (χ4n) is 1.20. The van der Waals surface area contributed by atoms with E-state index in [2.05, 4.69) is 20.2 Å². The van der Waals surface area contributed by atoms with Gasteiger partial charge in [0.25, 0.3) is 11.1 Å². The number of hydrogen-bond donors (Lipinski definition) is 1. The van der Waals surface area contributed by atoms with Gasteiger partial charge in [-0.1, -0.05) is 11.8 Å². The van der Waals surface area contributed by atoms with Gasteiger partial charge >= 0.3 is 5.97 Å². The quantitative estimate of drug-likeness (QED) is 0.626. The molecule has 2 heterocycles. The van der Waals surface area contributed by atoms with Crippen molar-refractivity contribution in [1.29, 1.82) is 0 Å². The van der Waals surface area contributed by atoms with Gasteiger partial charge in [0.05, 0.1) is 6.61 Å². The molecule has 0 aliphatic rings. The summed E-state index contributed by atoms with van der Waals surface area (Å²) in [5.74, 6) is 0.127. The Kier molecular flexibility index (Phi) is 4.29. The van der Waals surface area contributed by atoms with Gasteiger partial charge in [0.1, 0.15) is 5.75 Å². The Morgan fingerprint density at radius 1 is 1.42 bits per heavy atom. The Morgan fingerprint density at radius 3 is 2.95 bits per heavy atom. The monoisotopic (exact) mass is 281 g/mol. The lowest BCUT2D eigenvalue weighted by Crippen LogP contribution is -2.06. The number of aromatic nitrogens is 4. The summed E-state index contributed by atoms with van der Waals surface area (Å²) in [6.07, 6.45) is 2.94. The Balaban J connectivity index is 2.04. The van der Waals surface area contributed by atoms with E-state index < -0.39 is 0 Å². The zero-order valence-electron chi connectivity index (χ0n) is 10.1. The van der Waals surface area contributed by atoms with Gasteiger partial charge in [0.15, 0.2) is 11.5 Å². The van der Waals surface area contributed by atoms with Crippen LogP contribution in [0.15, 0.2) is 22.0 Å². The van der Waals surface area contributed by atoms with Gasteiger partial charge in [-0.25, -0.2) is 9.97 Å². The molecule has 0 atom stereocenters. The molecule has 2 aromatic heterocycles. The van der Waals surface area contributed by atoms with Crippen LogP contribution in [0.3, 0.4) is 0 Å². The molecule has 2 rings (SSSR count). The normalized spacial score (nSPS) is 10.4. The molecular weight excluding hydrogens is 270 g/mol. The highest BCUT2D eigenvalue weighted by atomic mass is 32.2. The van der Waals surface area contributed by atoms with E-state index in [4.69, 9.17) is 14.9 Å². The number of nitrogens with zero attached hydrogens (tertiary/aromatic N) is 4. The van der Waals surface area contributed by atoms with Gasteiger partial charge < -0.3 is 14.9 Å². The SMILES string of the molecule is CCOC(=O)CSc1nnc(-c2nccnc2N)o1. The number of anilines is 1. The number of carbonyl (C=O) groups is 1. The van der Waals surface area contributed by atoms with Crippen molar-refractivity contribution < 1.29 is 13.9 Å². The van der Waals surface area contributed by atoms with Crippen molar-refractivity contribution in [3.63, 3.8) is 0 Å². The molecule has 0 unspecified atom stereocenters. The Morgan fingerprint density at radius 2 is 2.21 bits per heavy atom. The summed E-state index contributed by atoms with van der Waals surface area (Å²) in [7, 11) is 0. The molecule has 0 aliphatic carbocycles. The Bertz CT molecular complexity index is 574. The van der Waals surface area contributed by atoms with Crippen molar-refractivity contribution in [1.82, 2.24) is 20.2 Å². The number of nitrogens with two attached hydrogens (primary N) is 1. The molecule has 19 heavy (non-hydrogen) atoms. The first-order valence-corrected chi connectivity index (χ1v) is 6.38. The largest absolute Gasteiger partial charge is 0.465 e. The second-order valence-electron chi connectivity index (χ2n) is 3.26. The molecule has 0 spiro atoms.